The van der Waals surface area contributed by atoms with E-state index >= 15 is 0 Å². The Labute approximate surface area is 112 Å². The molecule has 100 valence electrons. The first-order valence-corrected chi connectivity index (χ1v) is 6.03. The van der Waals surface area contributed by atoms with Crippen molar-refractivity contribution < 1.29 is 9.47 Å². The van der Waals surface area contributed by atoms with Crippen LogP contribution in [0.1, 0.15) is 25.5 Å². The van der Waals surface area contributed by atoms with E-state index in [1.54, 1.807) is 25.3 Å². The highest BCUT2D eigenvalue weighted by Gasteiger charge is 2.07. The van der Waals surface area contributed by atoms with Crippen LogP contribution in [0, 0.1) is 0 Å². The number of anilines is 1. The van der Waals surface area contributed by atoms with Crippen LogP contribution in [0.5, 0.6) is 17.4 Å². The average molecular weight is 259 g/mol. The third-order valence-corrected chi connectivity index (χ3v) is 2.69. The van der Waals surface area contributed by atoms with Gasteiger partial charge >= 0.3 is 0 Å². The standard InChI is InChI=1S/C14H17N3O2/c1-9(2)12-7-14(17-8-16-12)19-13-5-4-10(18-3)6-11(13)15/h4-9H,15H2,1-3H3. The van der Waals surface area contributed by atoms with E-state index in [0.29, 0.717) is 29.0 Å². The molecular weight excluding hydrogens is 242 g/mol. The quantitative estimate of drug-likeness (QED) is 0.855. The van der Waals surface area contributed by atoms with Crippen LogP contribution in [0.4, 0.5) is 5.69 Å². The number of hydrogen-bond donors (Lipinski definition) is 1. The SMILES string of the molecule is COc1ccc(Oc2cc(C(C)C)ncn2)c(N)c1. The number of benzene rings is 1. The van der Waals surface area contributed by atoms with Crippen LogP contribution in [-0.4, -0.2) is 17.1 Å². The van der Waals surface area contributed by atoms with Crippen molar-refractivity contribution in [2.45, 2.75) is 19.8 Å². The van der Waals surface area contributed by atoms with Crippen LogP contribution in [0.3, 0.4) is 0 Å². The molecule has 0 unspecified atom stereocenters. The van der Waals surface area contributed by atoms with E-state index in [1.807, 2.05) is 6.07 Å². The summed E-state index contributed by atoms with van der Waals surface area (Å²) < 4.78 is 10.8. The molecule has 2 N–H and O–H groups in total. The number of rotatable bonds is 4. The number of ether oxygens (including phenoxy) is 2. The molecule has 2 aromatic rings. The van der Waals surface area contributed by atoms with Gasteiger partial charge < -0.3 is 15.2 Å². The Morgan fingerprint density at radius 2 is 1.95 bits per heavy atom. The largest absolute Gasteiger partial charge is 0.497 e. The molecule has 1 aromatic carbocycles. The molecule has 1 heterocycles. The van der Waals surface area contributed by atoms with Gasteiger partial charge in [0, 0.05) is 12.1 Å². The van der Waals surface area contributed by atoms with Gasteiger partial charge in [-0.3, -0.25) is 0 Å². The zero-order valence-electron chi connectivity index (χ0n) is 11.3. The summed E-state index contributed by atoms with van der Waals surface area (Å²) in [4.78, 5) is 8.27. The molecule has 2 rings (SSSR count). The van der Waals surface area contributed by atoms with Crippen LogP contribution in [-0.2, 0) is 0 Å². The summed E-state index contributed by atoms with van der Waals surface area (Å²) in [5, 5.41) is 0. The molecule has 1 aromatic heterocycles. The number of nitrogens with two attached hydrogens (primary N) is 1. The van der Waals surface area contributed by atoms with E-state index in [1.165, 1.54) is 6.33 Å². The summed E-state index contributed by atoms with van der Waals surface area (Å²) >= 11 is 0. The smallest absolute Gasteiger partial charge is 0.222 e. The van der Waals surface area contributed by atoms with Crippen molar-refractivity contribution >= 4 is 5.69 Å². The molecule has 19 heavy (non-hydrogen) atoms. The summed E-state index contributed by atoms with van der Waals surface area (Å²) in [6, 6.07) is 7.07. The predicted molar refractivity (Wildman–Crippen MR) is 73.6 cm³/mol. The van der Waals surface area contributed by atoms with Crippen molar-refractivity contribution in [1.82, 2.24) is 9.97 Å². The fourth-order valence-corrected chi connectivity index (χ4v) is 1.58. The molecule has 0 aliphatic carbocycles. The van der Waals surface area contributed by atoms with Gasteiger partial charge in [-0.15, -0.1) is 0 Å². The van der Waals surface area contributed by atoms with E-state index in [9.17, 15) is 0 Å². The lowest BCUT2D eigenvalue weighted by Gasteiger charge is -2.10. The molecule has 0 saturated heterocycles. The summed E-state index contributed by atoms with van der Waals surface area (Å²) in [6.07, 6.45) is 1.49. The maximum Gasteiger partial charge on any atom is 0.222 e. The molecule has 5 nitrogen and oxygen atoms in total. The normalized spacial score (nSPS) is 10.5. The van der Waals surface area contributed by atoms with Gasteiger partial charge in [0.1, 0.15) is 12.1 Å². The monoisotopic (exact) mass is 259 g/mol. The number of nitrogen functional groups attached to an aromatic ring is 1. The Morgan fingerprint density at radius 1 is 1.16 bits per heavy atom. The van der Waals surface area contributed by atoms with Gasteiger partial charge in [-0.25, -0.2) is 9.97 Å². The van der Waals surface area contributed by atoms with Gasteiger partial charge in [-0.1, -0.05) is 13.8 Å². The Bertz CT molecular complexity index is 570. The van der Waals surface area contributed by atoms with E-state index in [0.717, 1.165) is 5.69 Å². The lowest BCUT2D eigenvalue weighted by atomic mass is 10.1. The zero-order chi connectivity index (χ0) is 13.8. The van der Waals surface area contributed by atoms with E-state index in [4.69, 9.17) is 15.2 Å². The summed E-state index contributed by atoms with van der Waals surface area (Å²) in [5.74, 6) is 2.04. The maximum atomic E-state index is 5.89. The van der Waals surface area contributed by atoms with Gasteiger partial charge in [0.2, 0.25) is 5.88 Å². The molecule has 0 spiro atoms. The van der Waals surface area contributed by atoms with Gasteiger partial charge in [0.15, 0.2) is 5.75 Å². The molecule has 0 aliphatic heterocycles. The number of hydrogen-bond acceptors (Lipinski definition) is 5. The number of methoxy groups -OCH3 is 1. The minimum absolute atomic E-state index is 0.318. The fourth-order valence-electron chi connectivity index (χ4n) is 1.58. The van der Waals surface area contributed by atoms with E-state index in [-0.39, 0.29) is 0 Å². The van der Waals surface area contributed by atoms with Crippen molar-refractivity contribution in [3.05, 3.63) is 36.3 Å². The van der Waals surface area contributed by atoms with Gasteiger partial charge in [0.05, 0.1) is 18.5 Å². The van der Waals surface area contributed by atoms with Crippen molar-refractivity contribution in [1.29, 1.82) is 0 Å². The number of aromatic nitrogens is 2. The molecule has 0 saturated carbocycles. The minimum Gasteiger partial charge on any atom is -0.497 e. The third-order valence-electron chi connectivity index (χ3n) is 2.69. The minimum atomic E-state index is 0.318. The third kappa shape index (κ3) is 3.13. The zero-order valence-corrected chi connectivity index (χ0v) is 11.3. The Morgan fingerprint density at radius 3 is 2.58 bits per heavy atom. The highest BCUT2D eigenvalue weighted by molar-refractivity contribution is 5.57. The molecule has 0 amide bonds. The van der Waals surface area contributed by atoms with Crippen LogP contribution in [0.2, 0.25) is 0 Å². The van der Waals surface area contributed by atoms with Crippen molar-refractivity contribution in [2.75, 3.05) is 12.8 Å². The highest BCUT2D eigenvalue weighted by Crippen LogP contribution is 2.30. The van der Waals surface area contributed by atoms with Gasteiger partial charge in [-0.05, 0) is 18.1 Å². The lowest BCUT2D eigenvalue weighted by Crippen LogP contribution is -1.98. The summed E-state index contributed by atoms with van der Waals surface area (Å²) in [5.41, 5.74) is 7.33. The first kappa shape index (κ1) is 13.1. The topological polar surface area (TPSA) is 70.3 Å². The van der Waals surface area contributed by atoms with E-state index in [2.05, 4.69) is 23.8 Å². The number of nitrogens with zero attached hydrogens (tertiary/aromatic N) is 2. The van der Waals surface area contributed by atoms with Gasteiger partial charge in [-0.2, -0.15) is 0 Å². The van der Waals surface area contributed by atoms with Crippen LogP contribution < -0.4 is 15.2 Å². The van der Waals surface area contributed by atoms with Crippen LogP contribution in [0.15, 0.2) is 30.6 Å². The Balaban J connectivity index is 2.23. The van der Waals surface area contributed by atoms with Crippen molar-refractivity contribution in [3.63, 3.8) is 0 Å². The van der Waals surface area contributed by atoms with Crippen LogP contribution >= 0.6 is 0 Å². The Kier molecular flexibility index (Phi) is 3.85. The predicted octanol–water partition coefficient (Wildman–Crippen LogP) is 2.98. The summed E-state index contributed by atoms with van der Waals surface area (Å²) in [7, 11) is 1.59. The molecule has 0 aliphatic rings. The molecule has 0 bridgehead atoms. The lowest BCUT2D eigenvalue weighted by molar-refractivity contribution is 0.412. The second-order valence-corrected chi connectivity index (χ2v) is 4.44. The molecule has 0 atom stereocenters. The van der Waals surface area contributed by atoms with Crippen LogP contribution in [0.25, 0.3) is 0 Å². The Hall–Kier alpha value is -2.30. The summed E-state index contributed by atoms with van der Waals surface area (Å²) in [6.45, 7) is 4.13. The molecule has 0 radical (unpaired) electrons. The second kappa shape index (κ2) is 5.56. The second-order valence-electron chi connectivity index (χ2n) is 4.44. The van der Waals surface area contributed by atoms with Crippen molar-refractivity contribution in [2.24, 2.45) is 0 Å². The average Bonchev–Trinajstić information content (AvgIpc) is 2.41. The molecule has 0 fully saturated rings. The maximum absolute atomic E-state index is 5.89. The highest BCUT2D eigenvalue weighted by atomic mass is 16.5. The van der Waals surface area contributed by atoms with Crippen molar-refractivity contribution in [3.8, 4) is 17.4 Å². The first-order valence-electron chi connectivity index (χ1n) is 6.03. The fraction of sp³-hybridized carbons (Fsp3) is 0.286. The van der Waals surface area contributed by atoms with E-state index < -0.39 is 0 Å². The molecule has 5 heteroatoms. The molecular formula is C14H17N3O2. The van der Waals surface area contributed by atoms with Gasteiger partial charge in [0.25, 0.3) is 0 Å². The first-order chi connectivity index (χ1) is 9.10.